The predicted octanol–water partition coefficient (Wildman–Crippen LogP) is 4.56. The van der Waals surface area contributed by atoms with Crippen LogP contribution in [0.3, 0.4) is 0 Å². The number of unbranched alkanes of at least 4 members (excludes halogenated alkanes) is 2. The molecule has 0 N–H and O–H groups in total. The maximum atomic E-state index is 5.53. The summed E-state index contributed by atoms with van der Waals surface area (Å²) in [6, 6.07) is 0. The summed E-state index contributed by atoms with van der Waals surface area (Å²) in [5.74, 6) is 0. The first-order valence-electron chi connectivity index (χ1n) is 5.49. The van der Waals surface area contributed by atoms with Crippen molar-refractivity contribution < 1.29 is 4.74 Å². The molecule has 2 atom stereocenters. The first kappa shape index (κ1) is 15.2. The van der Waals surface area contributed by atoms with E-state index in [2.05, 4.69) is 45.4 Å². The lowest BCUT2D eigenvalue weighted by Crippen LogP contribution is -2.23. The second kappa shape index (κ2) is 10.7. The predicted molar refractivity (Wildman–Crippen MR) is 75.8 cm³/mol. The lowest BCUT2D eigenvalue weighted by molar-refractivity contribution is 0.0924. The van der Waals surface area contributed by atoms with E-state index in [9.17, 15) is 0 Å². The van der Waals surface area contributed by atoms with E-state index in [0.717, 1.165) is 5.33 Å². The van der Waals surface area contributed by atoms with Crippen LogP contribution >= 0.6 is 38.5 Å². The van der Waals surface area contributed by atoms with Crippen molar-refractivity contribution >= 4 is 38.5 Å². The van der Waals surface area contributed by atoms with E-state index in [1.54, 1.807) is 0 Å². The third-order valence-electron chi connectivity index (χ3n) is 2.41. The fraction of sp³-hybridized carbons (Fsp3) is 1.00. The third-order valence-corrected chi connectivity index (χ3v) is 4.40. The monoisotopic (exact) mass is 376 g/mol. The minimum atomic E-state index is 0.459. The number of ether oxygens (including phenoxy) is 1. The summed E-state index contributed by atoms with van der Waals surface area (Å²) in [5, 5.41) is 1.11. The molecule has 0 aliphatic carbocycles. The highest BCUT2D eigenvalue weighted by atomic mass is 127. The lowest BCUT2D eigenvalue weighted by Gasteiger charge is -2.20. The van der Waals surface area contributed by atoms with Gasteiger partial charge in [0.1, 0.15) is 0 Å². The molecular weight excluding hydrogens is 355 g/mol. The van der Waals surface area contributed by atoms with Gasteiger partial charge in [0, 0.05) is 16.4 Å². The molecule has 0 bridgehead atoms. The standard InChI is InChI=1S/C11H22BrIO/c1-3-4-5-8-11(14-2)10(13)7-6-9-12/h10-11H,3-9H2,1-2H3/t10-,11+/m0/s1. The molecule has 0 aromatic rings. The number of hydrogen-bond donors (Lipinski definition) is 0. The maximum Gasteiger partial charge on any atom is 0.0688 e. The van der Waals surface area contributed by atoms with Crippen molar-refractivity contribution in [2.45, 2.75) is 55.5 Å². The number of methoxy groups -OCH3 is 1. The van der Waals surface area contributed by atoms with Crippen molar-refractivity contribution in [2.24, 2.45) is 0 Å². The molecule has 14 heavy (non-hydrogen) atoms. The molecule has 1 nitrogen and oxygen atoms in total. The fourth-order valence-corrected chi connectivity index (χ4v) is 2.92. The molecule has 0 saturated carbocycles. The molecule has 0 spiro atoms. The minimum Gasteiger partial charge on any atom is -0.380 e. The summed E-state index contributed by atoms with van der Waals surface area (Å²) >= 11 is 6.00. The quantitative estimate of drug-likeness (QED) is 0.325. The van der Waals surface area contributed by atoms with E-state index >= 15 is 0 Å². The molecule has 0 heterocycles. The third kappa shape index (κ3) is 7.46. The number of alkyl halides is 2. The van der Waals surface area contributed by atoms with Gasteiger partial charge in [-0.25, -0.2) is 0 Å². The van der Waals surface area contributed by atoms with E-state index in [4.69, 9.17) is 4.74 Å². The van der Waals surface area contributed by atoms with E-state index in [1.165, 1.54) is 38.5 Å². The van der Waals surface area contributed by atoms with Crippen LogP contribution in [-0.2, 0) is 4.74 Å². The molecule has 0 aliphatic rings. The van der Waals surface area contributed by atoms with Gasteiger partial charge in [0.15, 0.2) is 0 Å². The largest absolute Gasteiger partial charge is 0.380 e. The van der Waals surface area contributed by atoms with E-state index in [-0.39, 0.29) is 0 Å². The first-order chi connectivity index (χ1) is 6.76. The van der Waals surface area contributed by atoms with Crippen molar-refractivity contribution in [3.8, 4) is 0 Å². The Morgan fingerprint density at radius 3 is 2.43 bits per heavy atom. The Bertz CT molecular complexity index is 122. The molecule has 0 rings (SSSR count). The zero-order valence-electron chi connectivity index (χ0n) is 9.27. The van der Waals surface area contributed by atoms with Crippen LogP contribution in [0.2, 0.25) is 0 Å². The second-order valence-corrected chi connectivity index (χ2v) is 6.01. The van der Waals surface area contributed by atoms with Crippen LogP contribution < -0.4 is 0 Å². The van der Waals surface area contributed by atoms with Gasteiger partial charge in [0.25, 0.3) is 0 Å². The summed E-state index contributed by atoms with van der Waals surface area (Å²) in [6.07, 6.45) is 8.13. The van der Waals surface area contributed by atoms with Crippen molar-refractivity contribution in [1.82, 2.24) is 0 Å². The van der Waals surface area contributed by atoms with Gasteiger partial charge >= 0.3 is 0 Å². The van der Waals surface area contributed by atoms with Crippen LogP contribution in [0.5, 0.6) is 0 Å². The summed E-state index contributed by atoms with van der Waals surface area (Å²) in [6.45, 7) is 2.24. The molecule has 0 saturated heterocycles. The highest BCUT2D eigenvalue weighted by molar-refractivity contribution is 14.1. The van der Waals surface area contributed by atoms with Crippen molar-refractivity contribution in [3.63, 3.8) is 0 Å². The van der Waals surface area contributed by atoms with Crippen LogP contribution in [0.15, 0.2) is 0 Å². The maximum absolute atomic E-state index is 5.53. The van der Waals surface area contributed by atoms with Crippen LogP contribution in [0.1, 0.15) is 45.4 Å². The first-order valence-corrected chi connectivity index (χ1v) is 7.85. The van der Waals surface area contributed by atoms with E-state index < -0.39 is 0 Å². The minimum absolute atomic E-state index is 0.459. The molecule has 0 radical (unpaired) electrons. The van der Waals surface area contributed by atoms with Gasteiger partial charge in [-0.1, -0.05) is 64.7 Å². The summed E-state index contributed by atoms with van der Waals surface area (Å²) in [7, 11) is 1.84. The van der Waals surface area contributed by atoms with Crippen molar-refractivity contribution in [2.75, 3.05) is 12.4 Å². The van der Waals surface area contributed by atoms with Gasteiger partial charge in [-0.2, -0.15) is 0 Å². The summed E-state index contributed by atoms with van der Waals surface area (Å²) < 4.78 is 6.21. The highest BCUT2D eigenvalue weighted by Gasteiger charge is 2.16. The molecule has 0 aromatic carbocycles. The Balaban J connectivity index is 3.62. The number of rotatable bonds is 9. The van der Waals surface area contributed by atoms with Crippen molar-refractivity contribution in [3.05, 3.63) is 0 Å². The number of halogens is 2. The summed E-state index contributed by atoms with van der Waals surface area (Å²) in [4.78, 5) is 0. The normalized spacial score (nSPS) is 15.4. The van der Waals surface area contributed by atoms with Crippen molar-refractivity contribution in [1.29, 1.82) is 0 Å². The van der Waals surface area contributed by atoms with Gasteiger partial charge in [0.05, 0.1) is 6.10 Å². The molecule has 0 amide bonds. The van der Waals surface area contributed by atoms with Gasteiger partial charge in [0.2, 0.25) is 0 Å². The lowest BCUT2D eigenvalue weighted by atomic mass is 10.1. The zero-order valence-corrected chi connectivity index (χ0v) is 13.0. The Morgan fingerprint density at radius 1 is 1.21 bits per heavy atom. The Morgan fingerprint density at radius 2 is 1.93 bits per heavy atom. The molecular formula is C11H22BrIO. The molecule has 0 fully saturated rings. The van der Waals surface area contributed by atoms with E-state index in [0.29, 0.717) is 10.0 Å². The highest BCUT2D eigenvalue weighted by Crippen LogP contribution is 2.21. The second-order valence-electron chi connectivity index (χ2n) is 3.62. The Hall–Kier alpha value is 1.17. The average Bonchev–Trinajstić information content (AvgIpc) is 2.21. The molecule has 0 aliphatic heterocycles. The molecule has 3 heteroatoms. The Labute approximate surface area is 111 Å². The van der Waals surface area contributed by atoms with Gasteiger partial charge in [-0.15, -0.1) is 0 Å². The Kier molecular flexibility index (Phi) is 11.6. The molecule has 86 valence electrons. The topological polar surface area (TPSA) is 9.23 Å². The van der Waals surface area contributed by atoms with Crippen LogP contribution in [-0.4, -0.2) is 22.5 Å². The smallest absolute Gasteiger partial charge is 0.0688 e. The van der Waals surface area contributed by atoms with Crippen LogP contribution in [0.4, 0.5) is 0 Å². The van der Waals surface area contributed by atoms with Crippen LogP contribution in [0, 0.1) is 0 Å². The van der Waals surface area contributed by atoms with Gasteiger partial charge in [-0.05, 0) is 19.3 Å². The summed E-state index contributed by atoms with van der Waals surface area (Å²) in [5.41, 5.74) is 0. The molecule has 0 aromatic heterocycles. The van der Waals surface area contributed by atoms with Gasteiger partial charge in [-0.3, -0.25) is 0 Å². The SMILES string of the molecule is CCCCC[C@@H](OC)[C@@H](I)CCCBr. The average molecular weight is 377 g/mol. The fourth-order valence-electron chi connectivity index (χ4n) is 1.50. The number of hydrogen-bond acceptors (Lipinski definition) is 1. The zero-order chi connectivity index (χ0) is 10.8. The van der Waals surface area contributed by atoms with Gasteiger partial charge < -0.3 is 4.74 Å². The molecule has 0 unspecified atom stereocenters. The van der Waals surface area contributed by atoms with Crippen LogP contribution in [0.25, 0.3) is 0 Å². The van der Waals surface area contributed by atoms with E-state index in [1.807, 2.05) is 7.11 Å².